The molecule has 0 unspecified atom stereocenters. The minimum atomic E-state index is -0.182. The van der Waals surface area contributed by atoms with Gasteiger partial charge in [0.05, 0.1) is 25.3 Å². The topological polar surface area (TPSA) is 74.6 Å². The van der Waals surface area contributed by atoms with E-state index in [1.165, 1.54) is 0 Å². The molecule has 0 spiro atoms. The monoisotopic (exact) mass is 369 g/mol. The third-order valence-electron chi connectivity index (χ3n) is 4.26. The molecule has 2 aromatic carbocycles. The molecule has 7 nitrogen and oxygen atoms in total. The van der Waals surface area contributed by atoms with E-state index in [0.717, 1.165) is 22.6 Å². The summed E-state index contributed by atoms with van der Waals surface area (Å²) >= 11 is 0. The van der Waals surface area contributed by atoms with Crippen molar-refractivity contribution in [1.82, 2.24) is 14.9 Å². The zero-order valence-corrected chi connectivity index (χ0v) is 15.7. The van der Waals surface area contributed by atoms with Gasteiger partial charge in [-0.25, -0.2) is 4.98 Å². The fourth-order valence-corrected chi connectivity index (χ4v) is 2.78. The zero-order chi connectivity index (χ0) is 19.2. The van der Waals surface area contributed by atoms with Gasteiger partial charge < -0.3 is 24.1 Å². The Labute approximate surface area is 157 Å². The lowest BCUT2D eigenvalue weighted by Crippen LogP contribution is -2.31. The lowest BCUT2D eigenvalue weighted by molar-refractivity contribution is -0.123. The van der Waals surface area contributed by atoms with E-state index in [2.05, 4.69) is 10.3 Å². The average molecular weight is 369 g/mol. The molecule has 0 aliphatic heterocycles. The number of aromatic nitrogens is 2. The Kier molecular flexibility index (Phi) is 5.80. The minimum absolute atomic E-state index is 0.0487. The fourth-order valence-electron chi connectivity index (χ4n) is 2.78. The van der Waals surface area contributed by atoms with Crippen LogP contribution in [0.1, 0.15) is 5.82 Å². The molecule has 0 saturated heterocycles. The van der Waals surface area contributed by atoms with E-state index < -0.39 is 0 Å². The van der Waals surface area contributed by atoms with Crippen LogP contribution in [0.2, 0.25) is 0 Å². The molecule has 7 heteroatoms. The lowest BCUT2D eigenvalue weighted by atomic mass is 10.3. The molecule has 0 bridgehead atoms. The minimum Gasteiger partial charge on any atom is -0.497 e. The number of nitrogens with one attached hydrogen (secondary N) is 1. The van der Waals surface area contributed by atoms with Gasteiger partial charge in [-0.3, -0.25) is 4.79 Å². The largest absolute Gasteiger partial charge is 0.497 e. The van der Waals surface area contributed by atoms with Crippen molar-refractivity contribution in [3.05, 3.63) is 48.3 Å². The van der Waals surface area contributed by atoms with Gasteiger partial charge in [-0.1, -0.05) is 6.07 Å². The number of hydrogen-bond donors (Lipinski definition) is 1. The fraction of sp³-hybridized carbons (Fsp3) is 0.300. The second-order valence-corrected chi connectivity index (χ2v) is 6.01. The number of amides is 1. The Morgan fingerprint density at radius 1 is 1.07 bits per heavy atom. The molecule has 0 fully saturated rings. The van der Waals surface area contributed by atoms with Crippen LogP contribution in [0.3, 0.4) is 0 Å². The van der Waals surface area contributed by atoms with Gasteiger partial charge in [-0.15, -0.1) is 0 Å². The normalized spacial score (nSPS) is 10.6. The number of imidazole rings is 1. The standard InChI is InChI=1S/C20H23N3O4/c1-23-18-8-7-15(26-3)12-17(18)22-19(23)9-10-21-20(24)13-27-16-6-4-5-14(11-16)25-2/h4-8,11-12H,9-10,13H2,1-3H3,(H,21,24). The van der Waals surface area contributed by atoms with Crippen molar-refractivity contribution in [2.75, 3.05) is 27.4 Å². The van der Waals surface area contributed by atoms with Gasteiger partial charge in [0.2, 0.25) is 0 Å². The summed E-state index contributed by atoms with van der Waals surface area (Å²) in [5, 5.41) is 2.85. The number of hydrogen-bond acceptors (Lipinski definition) is 5. The van der Waals surface area contributed by atoms with E-state index in [4.69, 9.17) is 14.2 Å². The SMILES string of the molecule is COc1cccc(OCC(=O)NCCc2nc3cc(OC)ccc3n2C)c1. The van der Waals surface area contributed by atoms with Crippen molar-refractivity contribution in [2.24, 2.45) is 7.05 Å². The Morgan fingerprint density at radius 2 is 1.81 bits per heavy atom. The Morgan fingerprint density at radius 3 is 2.59 bits per heavy atom. The first-order valence-corrected chi connectivity index (χ1v) is 8.63. The summed E-state index contributed by atoms with van der Waals surface area (Å²) < 4.78 is 17.9. The first kappa shape index (κ1) is 18.6. The van der Waals surface area contributed by atoms with Gasteiger partial charge >= 0.3 is 0 Å². The molecule has 3 rings (SSSR count). The number of rotatable bonds is 8. The summed E-state index contributed by atoms with van der Waals surface area (Å²) in [6, 6.07) is 12.9. The molecular formula is C20H23N3O4. The molecule has 0 atom stereocenters. The van der Waals surface area contributed by atoms with Gasteiger partial charge in [-0.2, -0.15) is 0 Å². The third kappa shape index (κ3) is 4.49. The number of nitrogens with zero attached hydrogens (tertiary/aromatic N) is 2. The van der Waals surface area contributed by atoms with Crippen LogP contribution in [0, 0.1) is 0 Å². The van der Waals surface area contributed by atoms with E-state index in [-0.39, 0.29) is 12.5 Å². The van der Waals surface area contributed by atoms with Crippen LogP contribution < -0.4 is 19.5 Å². The summed E-state index contributed by atoms with van der Waals surface area (Å²) in [4.78, 5) is 16.6. The second-order valence-electron chi connectivity index (χ2n) is 6.01. The van der Waals surface area contributed by atoms with Crippen molar-refractivity contribution >= 4 is 16.9 Å². The first-order valence-electron chi connectivity index (χ1n) is 8.63. The van der Waals surface area contributed by atoms with Crippen LogP contribution in [0.4, 0.5) is 0 Å². The second kappa shape index (κ2) is 8.44. The van der Waals surface area contributed by atoms with Crippen molar-refractivity contribution in [2.45, 2.75) is 6.42 Å². The van der Waals surface area contributed by atoms with E-state index >= 15 is 0 Å². The molecule has 142 valence electrons. The molecule has 3 aromatic rings. The molecule has 0 saturated carbocycles. The molecular weight excluding hydrogens is 346 g/mol. The number of ether oxygens (including phenoxy) is 3. The number of aryl methyl sites for hydroxylation is 1. The van der Waals surface area contributed by atoms with Gasteiger partial charge in [0.1, 0.15) is 23.1 Å². The van der Waals surface area contributed by atoms with Crippen LogP contribution in [-0.4, -0.2) is 42.8 Å². The van der Waals surface area contributed by atoms with E-state index in [1.54, 1.807) is 26.4 Å². The number of carbonyl (C=O) groups excluding carboxylic acids is 1. The van der Waals surface area contributed by atoms with Crippen LogP contribution >= 0.6 is 0 Å². The van der Waals surface area contributed by atoms with Crippen LogP contribution in [0.25, 0.3) is 11.0 Å². The molecule has 1 amide bonds. The predicted molar refractivity (Wildman–Crippen MR) is 102 cm³/mol. The van der Waals surface area contributed by atoms with Gasteiger partial charge in [-0.05, 0) is 24.3 Å². The van der Waals surface area contributed by atoms with Crippen LogP contribution in [-0.2, 0) is 18.3 Å². The molecule has 1 N–H and O–H groups in total. The maximum absolute atomic E-state index is 12.0. The third-order valence-corrected chi connectivity index (χ3v) is 4.26. The molecule has 27 heavy (non-hydrogen) atoms. The highest BCUT2D eigenvalue weighted by atomic mass is 16.5. The van der Waals surface area contributed by atoms with Crippen molar-refractivity contribution in [3.63, 3.8) is 0 Å². The molecule has 1 heterocycles. The average Bonchev–Trinajstić information content (AvgIpc) is 3.01. The zero-order valence-electron chi connectivity index (χ0n) is 15.7. The first-order chi connectivity index (χ1) is 13.1. The van der Waals surface area contributed by atoms with Gasteiger partial charge in [0.15, 0.2) is 6.61 Å². The quantitative estimate of drug-likeness (QED) is 0.660. The predicted octanol–water partition coefficient (Wildman–Crippen LogP) is 2.33. The van der Waals surface area contributed by atoms with Crippen LogP contribution in [0.15, 0.2) is 42.5 Å². The number of benzene rings is 2. The maximum Gasteiger partial charge on any atom is 0.257 e. The van der Waals surface area contributed by atoms with Gasteiger partial charge in [0.25, 0.3) is 5.91 Å². The molecule has 0 aliphatic rings. The Hall–Kier alpha value is -3.22. The highest BCUT2D eigenvalue weighted by Gasteiger charge is 2.09. The molecule has 1 aromatic heterocycles. The summed E-state index contributed by atoms with van der Waals surface area (Å²) in [6.07, 6.45) is 0.623. The maximum atomic E-state index is 12.0. The van der Waals surface area contributed by atoms with E-state index in [0.29, 0.717) is 24.5 Å². The highest BCUT2D eigenvalue weighted by Crippen LogP contribution is 2.21. The summed E-state index contributed by atoms with van der Waals surface area (Å²) in [5.74, 6) is 2.76. The summed E-state index contributed by atoms with van der Waals surface area (Å²) in [6.45, 7) is 0.432. The number of methoxy groups -OCH3 is 2. The van der Waals surface area contributed by atoms with Crippen molar-refractivity contribution < 1.29 is 19.0 Å². The van der Waals surface area contributed by atoms with Crippen LogP contribution in [0.5, 0.6) is 17.2 Å². The summed E-state index contributed by atoms with van der Waals surface area (Å²) in [5.41, 5.74) is 1.90. The summed E-state index contributed by atoms with van der Waals surface area (Å²) in [7, 11) is 5.18. The van der Waals surface area contributed by atoms with E-state index in [1.807, 2.05) is 41.9 Å². The smallest absolute Gasteiger partial charge is 0.257 e. The number of carbonyl (C=O) groups is 1. The highest BCUT2D eigenvalue weighted by molar-refractivity contribution is 5.78. The lowest BCUT2D eigenvalue weighted by Gasteiger charge is -2.08. The van der Waals surface area contributed by atoms with E-state index in [9.17, 15) is 4.79 Å². The molecule has 0 radical (unpaired) electrons. The Balaban J connectivity index is 1.51. The van der Waals surface area contributed by atoms with Crippen molar-refractivity contribution in [1.29, 1.82) is 0 Å². The number of fused-ring (bicyclic) bond motifs is 1. The molecule has 0 aliphatic carbocycles. The Bertz CT molecular complexity index is 936. The van der Waals surface area contributed by atoms with Gasteiger partial charge in [0, 0.05) is 32.1 Å². The van der Waals surface area contributed by atoms with Crippen molar-refractivity contribution in [3.8, 4) is 17.2 Å².